The molecule has 154 valence electrons. The van der Waals surface area contributed by atoms with Gasteiger partial charge in [0.1, 0.15) is 10.7 Å². The highest BCUT2D eigenvalue weighted by atomic mass is 32.1. The van der Waals surface area contributed by atoms with Crippen LogP contribution in [0, 0.1) is 5.41 Å². The zero-order chi connectivity index (χ0) is 20.6. The summed E-state index contributed by atoms with van der Waals surface area (Å²) in [6.45, 7) is 6.43. The Morgan fingerprint density at radius 2 is 1.97 bits per heavy atom. The molecule has 2 N–H and O–H groups in total. The molecule has 1 aliphatic carbocycles. The van der Waals surface area contributed by atoms with Crippen molar-refractivity contribution in [3.8, 4) is 0 Å². The van der Waals surface area contributed by atoms with Crippen LogP contribution in [0.1, 0.15) is 70.8 Å². The average Bonchev–Trinajstić information content (AvgIpc) is 3.04. The molecule has 0 aromatic carbocycles. The van der Waals surface area contributed by atoms with Crippen molar-refractivity contribution in [2.24, 2.45) is 5.41 Å². The van der Waals surface area contributed by atoms with Crippen LogP contribution >= 0.6 is 11.3 Å². The van der Waals surface area contributed by atoms with E-state index in [0.29, 0.717) is 10.7 Å². The number of anilines is 2. The number of aromatic carboxylic acids is 1. The zero-order valence-electron chi connectivity index (χ0n) is 17.0. The molecule has 0 spiro atoms. The second-order valence-corrected chi connectivity index (χ2v) is 9.86. The van der Waals surface area contributed by atoms with E-state index < -0.39 is 5.97 Å². The van der Waals surface area contributed by atoms with Gasteiger partial charge in [-0.3, -0.25) is 4.79 Å². The summed E-state index contributed by atoms with van der Waals surface area (Å²) in [5, 5.41) is 13.0. The van der Waals surface area contributed by atoms with Gasteiger partial charge in [0.2, 0.25) is 0 Å². The monoisotopic (exact) mass is 413 g/mol. The molecule has 3 heterocycles. The molecule has 6 nitrogen and oxygen atoms in total. The van der Waals surface area contributed by atoms with Crippen LogP contribution in [0.5, 0.6) is 0 Å². The first kappa shape index (κ1) is 19.9. The van der Waals surface area contributed by atoms with E-state index in [1.165, 1.54) is 30.6 Å². The third-order valence-corrected chi connectivity index (χ3v) is 7.07. The molecule has 0 radical (unpaired) electrons. The maximum atomic E-state index is 12.7. The molecule has 29 heavy (non-hydrogen) atoms. The van der Waals surface area contributed by atoms with Gasteiger partial charge >= 0.3 is 5.97 Å². The van der Waals surface area contributed by atoms with Crippen molar-refractivity contribution in [3.63, 3.8) is 0 Å². The van der Waals surface area contributed by atoms with E-state index >= 15 is 0 Å². The summed E-state index contributed by atoms with van der Waals surface area (Å²) < 4.78 is 0. The highest BCUT2D eigenvalue weighted by Crippen LogP contribution is 2.43. The van der Waals surface area contributed by atoms with Gasteiger partial charge in [-0.2, -0.15) is 0 Å². The van der Waals surface area contributed by atoms with Gasteiger partial charge in [0.25, 0.3) is 5.91 Å². The summed E-state index contributed by atoms with van der Waals surface area (Å²) >= 11 is 1.39. The number of carboxylic acids is 1. The van der Waals surface area contributed by atoms with Crippen molar-refractivity contribution < 1.29 is 14.7 Å². The summed E-state index contributed by atoms with van der Waals surface area (Å²) in [6.07, 6.45) is 7.88. The molecule has 2 aliphatic rings. The van der Waals surface area contributed by atoms with Gasteiger partial charge in [0.15, 0.2) is 0 Å². The van der Waals surface area contributed by atoms with Gasteiger partial charge in [0, 0.05) is 18.0 Å². The number of pyridine rings is 1. The molecule has 4 rings (SSSR count). The van der Waals surface area contributed by atoms with E-state index in [0.717, 1.165) is 48.5 Å². The number of carboxylic acid groups (broad SMARTS) is 1. The molecule has 7 heteroatoms. The third kappa shape index (κ3) is 4.15. The Kier molecular flexibility index (Phi) is 5.34. The lowest BCUT2D eigenvalue weighted by Gasteiger charge is -2.29. The van der Waals surface area contributed by atoms with Crippen LogP contribution in [0.4, 0.5) is 10.7 Å². The van der Waals surface area contributed by atoms with Crippen molar-refractivity contribution in [1.82, 2.24) is 4.98 Å². The fourth-order valence-electron chi connectivity index (χ4n) is 4.25. The van der Waals surface area contributed by atoms with Gasteiger partial charge in [0.05, 0.1) is 17.4 Å². The number of nitrogens with zero attached hydrogens (tertiary/aromatic N) is 2. The predicted octanol–water partition coefficient (Wildman–Crippen LogP) is 4.60. The number of piperidine rings is 1. The largest absolute Gasteiger partial charge is 0.478 e. The van der Waals surface area contributed by atoms with Crippen molar-refractivity contribution in [2.45, 2.75) is 52.4 Å². The molecular weight excluding hydrogens is 386 g/mol. The Balaban J connectivity index is 1.54. The summed E-state index contributed by atoms with van der Waals surface area (Å²) in [6, 6.07) is 3.64. The zero-order valence-corrected chi connectivity index (χ0v) is 17.8. The van der Waals surface area contributed by atoms with Gasteiger partial charge in [-0.05, 0) is 61.6 Å². The number of amides is 1. The molecule has 1 aliphatic heterocycles. The van der Waals surface area contributed by atoms with E-state index in [9.17, 15) is 14.7 Å². The normalized spacial score (nSPS) is 18.2. The highest BCUT2D eigenvalue weighted by Gasteiger charge is 2.33. The lowest BCUT2D eigenvalue weighted by molar-refractivity contribution is 0.0696. The molecule has 1 saturated heterocycles. The number of rotatable bonds is 4. The molecule has 0 bridgehead atoms. The third-order valence-electron chi connectivity index (χ3n) is 5.92. The van der Waals surface area contributed by atoms with Crippen LogP contribution in [-0.4, -0.2) is 35.1 Å². The van der Waals surface area contributed by atoms with Gasteiger partial charge < -0.3 is 15.3 Å². The van der Waals surface area contributed by atoms with Gasteiger partial charge in [-0.1, -0.05) is 13.8 Å². The van der Waals surface area contributed by atoms with Gasteiger partial charge in [-0.15, -0.1) is 11.3 Å². The highest BCUT2D eigenvalue weighted by molar-refractivity contribution is 7.17. The first-order chi connectivity index (χ1) is 13.8. The van der Waals surface area contributed by atoms with E-state index in [1.807, 2.05) is 6.07 Å². The number of hydrogen-bond acceptors (Lipinski definition) is 5. The Morgan fingerprint density at radius 1 is 1.21 bits per heavy atom. The Labute approximate surface area is 175 Å². The van der Waals surface area contributed by atoms with Crippen LogP contribution in [0.25, 0.3) is 0 Å². The molecule has 2 aromatic rings. The maximum absolute atomic E-state index is 12.7. The number of carbonyl (C=O) groups excluding carboxylic acids is 1. The second kappa shape index (κ2) is 7.78. The minimum atomic E-state index is -0.981. The number of carbonyl (C=O) groups is 2. The number of aromatic nitrogens is 1. The first-order valence-electron chi connectivity index (χ1n) is 10.2. The maximum Gasteiger partial charge on any atom is 0.339 e. The van der Waals surface area contributed by atoms with E-state index in [4.69, 9.17) is 0 Å². The standard InChI is InChI=1S/C22H27N3O3S/c1-22(2)9-8-15-17(12-22)29-20(18(15)21(27)28)24-19(26)16-7-6-14(13-23-16)25-10-4-3-5-11-25/h6-7,13H,3-5,8-12H2,1-2H3,(H,24,26)(H,27,28). The summed E-state index contributed by atoms with van der Waals surface area (Å²) in [5.74, 6) is -1.35. The quantitative estimate of drug-likeness (QED) is 0.765. The van der Waals surface area contributed by atoms with E-state index in [-0.39, 0.29) is 16.9 Å². The van der Waals surface area contributed by atoms with E-state index in [1.54, 1.807) is 12.3 Å². The predicted molar refractivity (Wildman–Crippen MR) is 115 cm³/mol. The van der Waals surface area contributed by atoms with Gasteiger partial charge in [-0.25, -0.2) is 9.78 Å². The Morgan fingerprint density at radius 3 is 2.62 bits per heavy atom. The van der Waals surface area contributed by atoms with Crippen LogP contribution in [0.2, 0.25) is 0 Å². The first-order valence-corrected chi connectivity index (χ1v) is 11.1. The number of hydrogen-bond donors (Lipinski definition) is 2. The topological polar surface area (TPSA) is 82.5 Å². The number of fused-ring (bicyclic) bond motifs is 1. The molecule has 0 atom stereocenters. The van der Waals surface area contributed by atoms with Crippen molar-refractivity contribution in [1.29, 1.82) is 0 Å². The number of thiophene rings is 1. The summed E-state index contributed by atoms with van der Waals surface area (Å²) in [7, 11) is 0. The Bertz CT molecular complexity index is 928. The smallest absolute Gasteiger partial charge is 0.339 e. The lowest BCUT2D eigenvalue weighted by atomic mass is 9.77. The van der Waals surface area contributed by atoms with Crippen LogP contribution in [0.15, 0.2) is 18.3 Å². The van der Waals surface area contributed by atoms with Crippen molar-refractivity contribution >= 4 is 33.9 Å². The SMILES string of the molecule is CC1(C)CCc2c(sc(NC(=O)c3ccc(N4CCCCC4)cn3)c2C(=O)O)C1. The van der Waals surface area contributed by atoms with Crippen LogP contribution in [-0.2, 0) is 12.8 Å². The fraction of sp³-hybridized carbons (Fsp3) is 0.500. The number of nitrogens with one attached hydrogen (secondary N) is 1. The average molecular weight is 414 g/mol. The molecule has 0 saturated carbocycles. The molecule has 0 unspecified atom stereocenters. The van der Waals surface area contributed by atoms with E-state index in [2.05, 4.69) is 29.0 Å². The van der Waals surface area contributed by atoms with Crippen molar-refractivity contribution in [2.75, 3.05) is 23.3 Å². The molecule has 2 aromatic heterocycles. The lowest BCUT2D eigenvalue weighted by Crippen LogP contribution is -2.29. The molecule has 1 fully saturated rings. The Hall–Kier alpha value is -2.41. The molecule has 1 amide bonds. The second-order valence-electron chi connectivity index (χ2n) is 8.76. The summed E-state index contributed by atoms with van der Waals surface area (Å²) in [4.78, 5) is 32.3. The molecular formula is C22H27N3O3S. The minimum Gasteiger partial charge on any atom is -0.478 e. The summed E-state index contributed by atoms with van der Waals surface area (Å²) in [5.41, 5.74) is 2.61. The van der Waals surface area contributed by atoms with Crippen LogP contribution < -0.4 is 10.2 Å². The fourth-order valence-corrected chi connectivity index (χ4v) is 5.74. The minimum absolute atomic E-state index is 0.154. The van der Waals surface area contributed by atoms with Crippen LogP contribution in [0.3, 0.4) is 0 Å². The van der Waals surface area contributed by atoms with Crippen molar-refractivity contribution in [3.05, 3.63) is 40.0 Å².